The van der Waals surface area contributed by atoms with E-state index >= 15 is 0 Å². The second kappa shape index (κ2) is 11.9. The summed E-state index contributed by atoms with van der Waals surface area (Å²) >= 11 is 0. The number of benzene rings is 2. The lowest BCUT2D eigenvalue weighted by molar-refractivity contribution is -0.139. The lowest BCUT2D eigenvalue weighted by atomic mass is 10.1. The molecule has 31 heavy (non-hydrogen) atoms. The number of anilines is 1. The van der Waals surface area contributed by atoms with E-state index in [9.17, 15) is 10.1 Å². The first kappa shape index (κ1) is 23.3. The molecule has 6 heteroatoms. The van der Waals surface area contributed by atoms with Crippen LogP contribution in [0, 0.1) is 11.3 Å². The molecule has 0 heterocycles. The summed E-state index contributed by atoms with van der Waals surface area (Å²) in [6.07, 6.45) is 8.34. The summed E-state index contributed by atoms with van der Waals surface area (Å²) in [6, 6.07) is 15.0. The Morgan fingerprint density at radius 1 is 1.03 bits per heavy atom. The number of nitrogens with zero attached hydrogens (tertiary/aromatic N) is 2. The summed E-state index contributed by atoms with van der Waals surface area (Å²) in [5, 5.41) is 9.23. The molecule has 0 N–H and O–H groups in total. The maximum absolute atomic E-state index is 12.1. The highest BCUT2D eigenvalue weighted by Crippen LogP contribution is 2.34. The predicted octanol–water partition coefficient (Wildman–Crippen LogP) is 4.53. The van der Waals surface area contributed by atoms with E-state index in [1.807, 2.05) is 73.6 Å². The monoisotopic (exact) mass is 418 g/mol. The molecule has 0 saturated heterocycles. The van der Waals surface area contributed by atoms with Crippen LogP contribution in [0.25, 0.3) is 6.08 Å². The molecule has 2 aromatic rings. The third-order valence-corrected chi connectivity index (χ3v) is 4.35. The summed E-state index contributed by atoms with van der Waals surface area (Å²) in [4.78, 5) is 14.0. The van der Waals surface area contributed by atoms with Gasteiger partial charge in [-0.3, -0.25) is 0 Å². The molecule has 0 aliphatic heterocycles. The Morgan fingerprint density at radius 2 is 1.68 bits per heavy atom. The van der Waals surface area contributed by atoms with Gasteiger partial charge in [0.2, 0.25) is 0 Å². The second-order valence-corrected chi connectivity index (χ2v) is 6.66. The molecule has 0 bridgehead atoms. The van der Waals surface area contributed by atoms with Crippen LogP contribution in [-0.2, 0) is 16.1 Å². The zero-order valence-electron chi connectivity index (χ0n) is 18.2. The predicted molar refractivity (Wildman–Crippen MR) is 122 cm³/mol. The van der Waals surface area contributed by atoms with Crippen molar-refractivity contribution in [1.29, 1.82) is 5.26 Å². The Kier molecular flexibility index (Phi) is 8.93. The number of hydrogen-bond donors (Lipinski definition) is 0. The third kappa shape index (κ3) is 6.79. The molecule has 0 saturated carbocycles. The van der Waals surface area contributed by atoms with Gasteiger partial charge in [0.05, 0.1) is 19.8 Å². The van der Waals surface area contributed by atoms with Crippen LogP contribution in [0.15, 0.2) is 72.3 Å². The number of ether oxygens (including phenoxy) is 3. The van der Waals surface area contributed by atoms with Crippen molar-refractivity contribution in [2.24, 2.45) is 0 Å². The van der Waals surface area contributed by atoms with Crippen LogP contribution in [0.5, 0.6) is 11.5 Å². The fraction of sp³-hybridized carbons (Fsp3) is 0.200. The number of rotatable bonds is 9. The molecule has 0 fully saturated rings. The molecular formula is C25H26N2O4. The number of esters is 1. The Hall–Kier alpha value is -3.98. The first-order valence-electron chi connectivity index (χ1n) is 9.59. The van der Waals surface area contributed by atoms with Gasteiger partial charge >= 0.3 is 5.97 Å². The van der Waals surface area contributed by atoms with Crippen molar-refractivity contribution in [3.05, 3.63) is 83.5 Å². The number of carbonyl (C=O) groups is 1. The van der Waals surface area contributed by atoms with Crippen molar-refractivity contribution >= 4 is 17.7 Å². The van der Waals surface area contributed by atoms with Crippen LogP contribution >= 0.6 is 0 Å². The van der Waals surface area contributed by atoms with Gasteiger partial charge < -0.3 is 19.1 Å². The van der Waals surface area contributed by atoms with Crippen LogP contribution in [0.4, 0.5) is 5.69 Å². The van der Waals surface area contributed by atoms with E-state index in [0.717, 1.165) is 16.8 Å². The molecule has 2 rings (SSSR count). The highest BCUT2D eigenvalue weighted by Gasteiger charge is 2.11. The van der Waals surface area contributed by atoms with E-state index in [0.29, 0.717) is 11.5 Å². The number of methoxy groups -OCH3 is 2. The molecule has 0 aliphatic rings. The number of carbonyl (C=O) groups excluding carboxylic acids is 1. The molecule has 0 spiro atoms. The van der Waals surface area contributed by atoms with Gasteiger partial charge in [-0.1, -0.05) is 48.6 Å². The van der Waals surface area contributed by atoms with E-state index in [-0.39, 0.29) is 12.2 Å². The fourth-order valence-electron chi connectivity index (χ4n) is 2.67. The molecule has 0 amide bonds. The molecule has 6 nitrogen and oxygen atoms in total. The minimum Gasteiger partial charge on any atom is -0.496 e. The van der Waals surface area contributed by atoms with Crippen molar-refractivity contribution in [2.45, 2.75) is 6.61 Å². The first-order valence-corrected chi connectivity index (χ1v) is 9.59. The Labute approximate surface area is 183 Å². The summed E-state index contributed by atoms with van der Waals surface area (Å²) < 4.78 is 16.2. The van der Waals surface area contributed by atoms with Gasteiger partial charge in [0.15, 0.2) is 0 Å². The van der Waals surface area contributed by atoms with E-state index in [2.05, 4.69) is 0 Å². The van der Waals surface area contributed by atoms with Gasteiger partial charge in [-0.25, -0.2) is 4.79 Å². The molecule has 2 aromatic carbocycles. The molecule has 0 atom stereocenters. The van der Waals surface area contributed by atoms with Crippen LogP contribution in [-0.4, -0.2) is 34.3 Å². The molecule has 160 valence electrons. The summed E-state index contributed by atoms with van der Waals surface area (Å²) in [5.41, 5.74) is 2.52. The van der Waals surface area contributed by atoms with Crippen LogP contribution in [0.3, 0.4) is 0 Å². The molecule has 0 aromatic heterocycles. The highest BCUT2D eigenvalue weighted by atomic mass is 16.5. The van der Waals surface area contributed by atoms with Crippen molar-refractivity contribution in [3.8, 4) is 17.6 Å². The Balaban J connectivity index is 2.08. The van der Waals surface area contributed by atoms with E-state index in [1.165, 1.54) is 6.08 Å². The fourth-order valence-corrected chi connectivity index (χ4v) is 2.67. The Morgan fingerprint density at radius 3 is 2.23 bits per heavy atom. The molecule has 0 unspecified atom stereocenters. The minimum atomic E-state index is -0.664. The SMILES string of the molecule is COc1cc(N(C)C)cc(OC)c1/C=C/C=C/C=C(\C#N)C(=O)OCc1ccccc1. The van der Waals surface area contributed by atoms with Gasteiger partial charge in [0.25, 0.3) is 0 Å². The number of allylic oxidation sites excluding steroid dienone is 4. The molecule has 0 aliphatic carbocycles. The zero-order chi connectivity index (χ0) is 22.6. The van der Waals surface area contributed by atoms with Crippen LogP contribution < -0.4 is 14.4 Å². The minimum absolute atomic E-state index is 0.0777. The van der Waals surface area contributed by atoms with E-state index < -0.39 is 5.97 Å². The summed E-state index contributed by atoms with van der Waals surface area (Å²) in [6.45, 7) is 0.116. The maximum Gasteiger partial charge on any atom is 0.349 e. The van der Waals surface area contributed by atoms with Crippen LogP contribution in [0.2, 0.25) is 0 Å². The van der Waals surface area contributed by atoms with E-state index in [1.54, 1.807) is 32.4 Å². The lowest BCUT2D eigenvalue weighted by Crippen LogP contribution is -2.09. The van der Waals surface area contributed by atoms with Crippen molar-refractivity contribution in [3.63, 3.8) is 0 Å². The van der Waals surface area contributed by atoms with Gasteiger partial charge in [-0.15, -0.1) is 0 Å². The van der Waals surface area contributed by atoms with Gasteiger partial charge in [-0.2, -0.15) is 5.26 Å². The largest absolute Gasteiger partial charge is 0.496 e. The van der Waals surface area contributed by atoms with Gasteiger partial charge in [0, 0.05) is 31.9 Å². The van der Waals surface area contributed by atoms with Gasteiger partial charge in [-0.05, 0) is 17.7 Å². The number of nitriles is 1. The quantitative estimate of drug-likeness (QED) is 0.258. The second-order valence-electron chi connectivity index (χ2n) is 6.66. The summed E-state index contributed by atoms with van der Waals surface area (Å²) in [7, 11) is 7.08. The number of hydrogen-bond acceptors (Lipinski definition) is 6. The van der Waals surface area contributed by atoms with Crippen molar-refractivity contribution in [1.82, 2.24) is 0 Å². The molecular weight excluding hydrogens is 392 g/mol. The standard InChI is InChI=1S/C25H26N2O4/c1-27(2)21-15-23(29-3)22(24(16-21)30-4)14-10-6-9-13-20(17-26)25(28)31-18-19-11-7-5-8-12-19/h5-16H,18H2,1-4H3/b9-6+,14-10+,20-13+. The van der Waals surface area contributed by atoms with Crippen molar-refractivity contribution in [2.75, 3.05) is 33.2 Å². The van der Waals surface area contributed by atoms with E-state index in [4.69, 9.17) is 14.2 Å². The van der Waals surface area contributed by atoms with Crippen molar-refractivity contribution < 1.29 is 19.0 Å². The average Bonchev–Trinajstić information content (AvgIpc) is 2.80. The van der Waals surface area contributed by atoms with Crippen LogP contribution in [0.1, 0.15) is 11.1 Å². The Bertz CT molecular complexity index is 991. The lowest BCUT2D eigenvalue weighted by Gasteiger charge is -2.17. The third-order valence-electron chi connectivity index (χ3n) is 4.35. The topological polar surface area (TPSA) is 71.8 Å². The normalized spacial score (nSPS) is 11.4. The average molecular weight is 418 g/mol. The van der Waals surface area contributed by atoms with Gasteiger partial charge in [0.1, 0.15) is 29.7 Å². The first-order chi connectivity index (χ1) is 15.0. The molecule has 0 radical (unpaired) electrons. The smallest absolute Gasteiger partial charge is 0.349 e. The highest BCUT2D eigenvalue weighted by molar-refractivity contribution is 5.93. The summed E-state index contributed by atoms with van der Waals surface area (Å²) in [5.74, 6) is 0.679. The maximum atomic E-state index is 12.1. The zero-order valence-corrected chi connectivity index (χ0v) is 18.2.